The molecule has 1 saturated heterocycles. The second kappa shape index (κ2) is 8.94. The van der Waals surface area contributed by atoms with Gasteiger partial charge in [-0.3, -0.25) is 4.90 Å². The first kappa shape index (κ1) is 16.0. The van der Waals surface area contributed by atoms with Crippen LogP contribution in [0.25, 0.3) is 0 Å². The molecule has 0 atom stereocenters. The van der Waals surface area contributed by atoms with Crippen molar-refractivity contribution in [3.05, 3.63) is 30.3 Å². The Labute approximate surface area is 117 Å². The maximum Gasteiger partial charge on any atom is 0.119 e. The predicted molar refractivity (Wildman–Crippen MR) is 79.7 cm³/mol. The van der Waals surface area contributed by atoms with E-state index < -0.39 is 0 Å². The number of hydrogen-bond acceptors (Lipinski definition) is 3. The standard InChI is InChI=1S/C9H12O.C7H15NO/c1-8(2)10-9-6-4-3-5-7-9;1-7(2)8-3-5-9-6-4-8/h3-8H,1-2H3;7H,3-6H2,1-2H3. The third kappa shape index (κ3) is 7.19. The summed E-state index contributed by atoms with van der Waals surface area (Å²) in [5, 5.41) is 0. The Balaban J connectivity index is 0.000000191. The van der Waals surface area contributed by atoms with Crippen LogP contribution in [0.3, 0.4) is 0 Å². The summed E-state index contributed by atoms with van der Waals surface area (Å²) in [4.78, 5) is 2.43. The molecular weight excluding hydrogens is 238 g/mol. The number of para-hydroxylation sites is 1. The van der Waals surface area contributed by atoms with Crippen molar-refractivity contribution in [1.29, 1.82) is 0 Å². The van der Waals surface area contributed by atoms with Crippen LogP contribution in [0.15, 0.2) is 30.3 Å². The van der Waals surface area contributed by atoms with Crippen molar-refractivity contribution in [3.8, 4) is 5.75 Å². The van der Waals surface area contributed by atoms with Crippen LogP contribution in [0, 0.1) is 0 Å². The molecular formula is C16H27NO2. The van der Waals surface area contributed by atoms with Crippen molar-refractivity contribution >= 4 is 0 Å². The number of hydrogen-bond donors (Lipinski definition) is 0. The minimum Gasteiger partial charge on any atom is -0.491 e. The maximum atomic E-state index is 5.41. The molecule has 1 aromatic carbocycles. The van der Waals surface area contributed by atoms with Gasteiger partial charge in [0.2, 0.25) is 0 Å². The van der Waals surface area contributed by atoms with Crippen LogP contribution in [0.5, 0.6) is 5.75 Å². The highest BCUT2D eigenvalue weighted by molar-refractivity contribution is 5.20. The van der Waals surface area contributed by atoms with E-state index in [0.29, 0.717) is 6.04 Å². The van der Waals surface area contributed by atoms with Gasteiger partial charge in [0.15, 0.2) is 0 Å². The first-order valence-corrected chi connectivity index (χ1v) is 7.13. The second-order valence-electron chi connectivity index (χ2n) is 5.22. The summed E-state index contributed by atoms with van der Waals surface area (Å²) in [5.74, 6) is 0.942. The molecule has 1 aliphatic heterocycles. The lowest BCUT2D eigenvalue weighted by molar-refractivity contribution is 0.0238. The minimum atomic E-state index is 0.266. The van der Waals surface area contributed by atoms with Gasteiger partial charge in [0.05, 0.1) is 19.3 Å². The van der Waals surface area contributed by atoms with Gasteiger partial charge in [0, 0.05) is 19.1 Å². The van der Waals surface area contributed by atoms with E-state index in [4.69, 9.17) is 9.47 Å². The fourth-order valence-corrected chi connectivity index (χ4v) is 1.87. The quantitative estimate of drug-likeness (QED) is 0.837. The molecule has 2 rings (SSSR count). The molecule has 1 fully saturated rings. The number of benzene rings is 1. The third-order valence-corrected chi connectivity index (χ3v) is 2.89. The van der Waals surface area contributed by atoms with Gasteiger partial charge in [-0.05, 0) is 39.8 Å². The molecule has 108 valence electrons. The molecule has 0 saturated carbocycles. The second-order valence-corrected chi connectivity index (χ2v) is 5.22. The molecule has 0 unspecified atom stereocenters. The fourth-order valence-electron chi connectivity index (χ4n) is 1.87. The molecule has 0 amide bonds. The lowest BCUT2D eigenvalue weighted by atomic mass is 10.3. The average molecular weight is 265 g/mol. The van der Waals surface area contributed by atoms with Gasteiger partial charge in [-0.2, -0.15) is 0 Å². The topological polar surface area (TPSA) is 21.7 Å². The number of nitrogens with zero attached hydrogens (tertiary/aromatic N) is 1. The van der Waals surface area contributed by atoms with E-state index in [-0.39, 0.29) is 6.10 Å². The van der Waals surface area contributed by atoms with Gasteiger partial charge in [-0.1, -0.05) is 18.2 Å². The molecule has 3 heteroatoms. The SMILES string of the molecule is CC(C)N1CCOCC1.CC(C)Oc1ccccc1. The smallest absolute Gasteiger partial charge is 0.119 e. The molecule has 1 aliphatic rings. The third-order valence-electron chi connectivity index (χ3n) is 2.89. The van der Waals surface area contributed by atoms with Gasteiger partial charge in [0.25, 0.3) is 0 Å². The first-order valence-electron chi connectivity index (χ1n) is 7.13. The molecule has 1 heterocycles. The Morgan fingerprint density at radius 3 is 2.00 bits per heavy atom. The maximum absolute atomic E-state index is 5.41. The first-order chi connectivity index (χ1) is 9.09. The molecule has 3 nitrogen and oxygen atoms in total. The molecule has 1 aromatic rings. The van der Waals surface area contributed by atoms with E-state index in [1.165, 1.54) is 0 Å². The van der Waals surface area contributed by atoms with Crippen LogP contribution < -0.4 is 4.74 Å². The number of morpholine rings is 1. The van der Waals surface area contributed by atoms with E-state index in [2.05, 4.69) is 18.7 Å². The zero-order valence-electron chi connectivity index (χ0n) is 12.6. The van der Waals surface area contributed by atoms with Crippen LogP contribution in [0.1, 0.15) is 27.7 Å². The summed E-state index contributed by atoms with van der Waals surface area (Å²) < 4.78 is 10.6. The van der Waals surface area contributed by atoms with Crippen LogP contribution >= 0.6 is 0 Å². The van der Waals surface area contributed by atoms with Crippen molar-refractivity contribution < 1.29 is 9.47 Å². The largest absolute Gasteiger partial charge is 0.491 e. The predicted octanol–water partition coefficient (Wildman–Crippen LogP) is 3.20. The van der Waals surface area contributed by atoms with Gasteiger partial charge in [-0.15, -0.1) is 0 Å². The number of rotatable bonds is 3. The summed E-state index contributed by atoms with van der Waals surface area (Å²) in [6, 6.07) is 10.5. The molecule has 19 heavy (non-hydrogen) atoms. The van der Waals surface area contributed by atoms with Crippen molar-refractivity contribution in [2.75, 3.05) is 26.3 Å². The lowest BCUT2D eigenvalue weighted by Crippen LogP contribution is -2.40. The number of ether oxygens (including phenoxy) is 2. The minimum absolute atomic E-state index is 0.266. The van der Waals surface area contributed by atoms with E-state index in [1.54, 1.807) is 0 Å². The summed E-state index contributed by atoms with van der Waals surface area (Å²) in [5.41, 5.74) is 0. The van der Waals surface area contributed by atoms with Gasteiger partial charge < -0.3 is 9.47 Å². The highest BCUT2D eigenvalue weighted by Gasteiger charge is 2.11. The van der Waals surface area contributed by atoms with Crippen molar-refractivity contribution in [3.63, 3.8) is 0 Å². The summed E-state index contributed by atoms with van der Waals surface area (Å²) in [7, 11) is 0. The Hall–Kier alpha value is -1.06. The highest BCUT2D eigenvalue weighted by atomic mass is 16.5. The van der Waals surface area contributed by atoms with Gasteiger partial charge in [0.1, 0.15) is 5.75 Å². The van der Waals surface area contributed by atoms with E-state index in [1.807, 2.05) is 44.2 Å². The van der Waals surface area contributed by atoms with E-state index >= 15 is 0 Å². The Kier molecular flexibility index (Phi) is 7.53. The molecule has 0 N–H and O–H groups in total. The zero-order chi connectivity index (χ0) is 14.1. The Morgan fingerprint density at radius 2 is 1.58 bits per heavy atom. The highest BCUT2D eigenvalue weighted by Crippen LogP contribution is 2.09. The fraction of sp³-hybridized carbons (Fsp3) is 0.625. The average Bonchev–Trinajstić information content (AvgIpc) is 2.41. The summed E-state index contributed by atoms with van der Waals surface area (Å²) in [6.45, 7) is 12.5. The van der Waals surface area contributed by atoms with Crippen LogP contribution in [-0.2, 0) is 4.74 Å². The summed E-state index contributed by atoms with van der Waals surface area (Å²) in [6.07, 6.45) is 0.266. The Bertz CT molecular complexity index is 319. The molecule has 0 spiro atoms. The zero-order valence-corrected chi connectivity index (χ0v) is 12.6. The van der Waals surface area contributed by atoms with E-state index in [0.717, 1.165) is 32.1 Å². The van der Waals surface area contributed by atoms with Crippen LogP contribution in [-0.4, -0.2) is 43.3 Å². The van der Waals surface area contributed by atoms with Crippen molar-refractivity contribution in [1.82, 2.24) is 4.90 Å². The van der Waals surface area contributed by atoms with Crippen LogP contribution in [0.2, 0.25) is 0 Å². The molecule has 0 aromatic heterocycles. The monoisotopic (exact) mass is 265 g/mol. The van der Waals surface area contributed by atoms with Crippen molar-refractivity contribution in [2.24, 2.45) is 0 Å². The van der Waals surface area contributed by atoms with Crippen molar-refractivity contribution in [2.45, 2.75) is 39.8 Å². The Morgan fingerprint density at radius 1 is 1.00 bits per heavy atom. The van der Waals surface area contributed by atoms with Gasteiger partial charge >= 0.3 is 0 Å². The lowest BCUT2D eigenvalue weighted by Gasteiger charge is -2.29. The van der Waals surface area contributed by atoms with Crippen LogP contribution in [0.4, 0.5) is 0 Å². The molecule has 0 radical (unpaired) electrons. The summed E-state index contributed by atoms with van der Waals surface area (Å²) >= 11 is 0. The van der Waals surface area contributed by atoms with E-state index in [9.17, 15) is 0 Å². The van der Waals surface area contributed by atoms with Gasteiger partial charge in [-0.25, -0.2) is 0 Å². The molecule has 0 aliphatic carbocycles. The normalized spacial score (nSPS) is 16.1. The molecule has 0 bridgehead atoms.